The highest BCUT2D eigenvalue weighted by Gasteiger charge is 2.28. The van der Waals surface area contributed by atoms with Gasteiger partial charge in [0.25, 0.3) is 10.0 Å². The molecule has 13 nitrogen and oxygen atoms in total. The number of methoxy groups -OCH3 is 1. The van der Waals surface area contributed by atoms with E-state index in [1.54, 1.807) is 11.6 Å². The fourth-order valence-electron chi connectivity index (χ4n) is 2.52. The topological polar surface area (TPSA) is 179 Å². The van der Waals surface area contributed by atoms with Crippen LogP contribution in [0.1, 0.15) is 28.7 Å². The molecule has 1 aromatic heterocycles. The number of carboxylic acid groups (broad SMARTS) is 1. The van der Waals surface area contributed by atoms with Crippen molar-refractivity contribution in [2.75, 3.05) is 32.2 Å². The van der Waals surface area contributed by atoms with E-state index in [9.17, 15) is 23.1 Å². The number of nitrogens with one attached hydrogen (secondary N) is 2. The number of hydrogen-bond donors (Lipinski definition) is 3. The van der Waals surface area contributed by atoms with Gasteiger partial charge in [-0.15, -0.1) is 0 Å². The van der Waals surface area contributed by atoms with Crippen LogP contribution in [0, 0.1) is 6.92 Å². The molecule has 1 heterocycles. The number of carboxylic acids is 1. The maximum atomic E-state index is 12.9. The molecule has 2 rings (SSSR count). The second kappa shape index (κ2) is 11.3. The molecule has 3 N–H and O–H groups in total. The number of aromatic carboxylic acids is 1. The molecule has 0 fully saturated rings. The standard InChI is InChI=1S/C18H23N5O8S/c1-4-31-18-20-11(2)19-16(22-18)21-17(26)23-32(27,28)14-12(10-30-9-8-29-3)6-5-7-13(14)15(24)25/h5-7H,4,8-10H2,1-3H3,(H,24,25)(H2,19,20,21,22,23,26). The van der Waals surface area contributed by atoms with E-state index in [0.29, 0.717) is 0 Å². The Morgan fingerprint density at radius 2 is 1.91 bits per heavy atom. The number of amides is 2. The van der Waals surface area contributed by atoms with Crippen molar-refractivity contribution in [1.82, 2.24) is 19.7 Å². The first-order valence-corrected chi connectivity index (χ1v) is 10.8. The molecule has 0 saturated heterocycles. The minimum absolute atomic E-state index is 0.0510. The summed E-state index contributed by atoms with van der Waals surface area (Å²) in [5.41, 5.74) is -0.469. The average molecular weight is 469 g/mol. The molecule has 14 heteroatoms. The van der Waals surface area contributed by atoms with Gasteiger partial charge in [0.15, 0.2) is 0 Å². The molecule has 0 bridgehead atoms. The number of rotatable bonds is 11. The number of ether oxygens (including phenoxy) is 3. The predicted molar refractivity (Wildman–Crippen MR) is 110 cm³/mol. The SMILES string of the molecule is CCOc1nc(C)nc(NC(=O)NS(=O)(=O)c2c(COCCOC)cccc2C(=O)O)n1. The van der Waals surface area contributed by atoms with Crippen LogP contribution in [0.25, 0.3) is 0 Å². The number of urea groups is 1. The molecule has 0 spiro atoms. The number of aryl methyl sites for hydroxylation is 1. The molecule has 32 heavy (non-hydrogen) atoms. The molecule has 2 aromatic rings. The van der Waals surface area contributed by atoms with Crippen molar-refractivity contribution >= 4 is 28.0 Å². The van der Waals surface area contributed by atoms with Gasteiger partial charge < -0.3 is 19.3 Å². The summed E-state index contributed by atoms with van der Waals surface area (Å²) in [6.07, 6.45) is 0. The third-order valence-corrected chi connectivity index (χ3v) is 5.21. The molecule has 0 aliphatic rings. The lowest BCUT2D eigenvalue weighted by Crippen LogP contribution is -2.36. The summed E-state index contributed by atoms with van der Waals surface area (Å²) in [4.78, 5) is 35.0. The zero-order chi connectivity index (χ0) is 23.7. The summed E-state index contributed by atoms with van der Waals surface area (Å²) in [6.45, 7) is 3.71. The minimum atomic E-state index is -4.62. The molecule has 0 aliphatic heterocycles. The van der Waals surface area contributed by atoms with Crippen molar-refractivity contribution in [2.45, 2.75) is 25.3 Å². The predicted octanol–water partition coefficient (Wildman–Crippen LogP) is 0.950. The highest BCUT2D eigenvalue weighted by molar-refractivity contribution is 7.90. The van der Waals surface area contributed by atoms with Gasteiger partial charge in [-0.25, -0.2) is 22.7 Å². The third-order valence-electron chi connectivity index (χ3n) is 3.74. The fourth-order valence-corrected chi connectivity index (χ4v) is 3.83. The van der Waals surface area contributed by atoms with E-state index in [1.165, 1.54) is 26.2 Å². The summed E-state index contributed by atoms with van der Waals surface area (Å²) in [5.74, 6) is -1.50. The minimum Gasteiger partial charge on any atom is -0.478 e. The summed E-state index contributed by atoms with van der Waals surface area (Å²) < 4.78 is 42.9. The molecule has 0 unspecified atom stereocenters. The fraction of sp³-hybridized carbons (Fsp3) is 0.389. The smallest absolute Gasteiger partial charge is 0.337 e. The van der Waals surface area contributed by atoms with Gasteiger partial charge in [0.05, 0.1) is 32.0 Å². The zero-order valence-electron chi connectivity index (χ0n) is 17.6. The maximum absolute atomic E-state index is 12.9. The molecular weight excluding hydrogens is 446 g/mol. The molecule has 174 valence electrons. The number of anilines is 1. The summed E-state index contributed by atoms with van der Waals surface area (Å²) in [7, 11) is -3.15. The van der Waals surface area contributed by atoms with Crippen molar-refractivity contribution in [3.05, 3.63) is 35.2 Å². The summed E-state index contributed by atoms with van der Waals surface area (Å²) >= 11 is 0. The Hall–Kier alpha value is -3.36. The first-order valence-electron chi connectivity index (χ1n) is 9.29. The number of carbonyl (C=O) groups is 2. The monoisotopic (exact) mass is 469 g/mol. The first kappa shape index (κ1) is 24.9. The number of aromatic nitrogens is 3. The number of benzene rings is 1. The van der Waals surface area contributed by atoms with Crippen LogP contribution in [0.3, 0.4) is 0 Å². The van der Waals surface area contributed by atoms with E-state index >= 15 is 0 Å². The van der Waals surface area contributed by atoms with Gasteiger partial charge in [-0.3, -0.25) is 5.32 Å². The van der Waals surface area contributed by atoms with E-state index in [1.807, 2.05) is 0 Å². The van der Waals surface area contributed by atoms with Crippen LogP contribution in [-0.4, -0.2) is 67.4 Å². The Bertz CT molecular complexity index is 1080. The van der Waals surface area contributed by atoms with Gasteiger partial charge in [0.1, 0.15) is 10.7 Å². The van der Waals surface area contributed by atoms with Crippen molar-refractivity contribution < 1.29 is 37.3 Å². The van der Waals surface area contributed by atoms with E-state index < -0.39 is 32.5 Å². The normalized spacial score (nSPS) is 11.1. The average Bonchev–Trinajstić information content (AvgIpc) is 2.70. The Balaban J connectivity index is 2.28. The van der Waals surface area contributed by atoms with Crippen LogP contribution < -0.4 is 14.8 Å². The molecule has 0 radical (unpaired) electrons. The molecule has 0 aliphatic carbocycles. The molecule has 0 atom stereocenters. The first-order chi connectivity index (χ1) is 15.2. The Kier molecular flexibility index (Phi) is 8.80. The lowest BCUT2D eigenvalue weighted by Gasteiger charge is -2.14. The Morgan fingerprint density at radius 1 is 1.16 bits per heavy atom. The number of nitrogens with zero attached hydrogens (tertiary/aromatic N) is 3. The zero-order valence-corrected chi connectivity index (χ0v) is 18.4. The maximum Gasteiger partial charge on any atom is 0.337 e. The van der Waals surface area contributed by atoms with Crippen LogP contribution in [0.5, 0.6) is 6.01 Å². The van der Waals surface area contributed by atoms with Gasteiger partial charge in [-0.2, -0.15) is 15.0 Å². The van der Waals surface area contributed by atoms with E-state index in [0.717, 1.165) is 6.07 Å². The lowest BCUT2D eigenvalue weighted by atomic mass is 10.1. The number of hydrogen-bond acceptors (Lipinski definition) is 10. The molecule has 2 amide bonds. The Labute approximate surface area is 184 Å². The van der Waals surface area contributed by atoms with Gasteiger partial charge in [0.2, 0.25) is 5.95 Å². The highest BCUT2D eigenvalue weighted by atomic mass is 32.2. The summed E-state index contributed by atoms with van der Waals surface area (Å²) in [6, 6.07) is 2.61. The lowest BCUT2D eigenvalue weighted by molar-refractivity contribution is 0.0602. The van der Waals surface area contributed by atoms with Crippen molar-refractivity contribution in [2.24, 2.45) is 0 Å². The van der Waals surface area contributed by atoms with Gasteiger partial charge in [-0.1, -0.05) is 12.1 Å². The van der Waals surface area contributed by atoms with E-state index in [2.05, 4.69) is 20.3 Å². The number of sulfonamides is 1. The van der Waals surface area contributed by atoms with Crippen molar-refractivity contribution in [3.8, 4) is 6.01 Å². The van der Waals surface area contributed by atoms with Crippen LogP contribution in [-0.2, 0) is 26.1 Å². The van der Waals surface area contributed by atoms with Gasteiger partial charge >= 0.3 is 18.0 Å². The molecule has 1 aromatic carbocycles. The quantitative estimate of drug-likeness (QED) is 0.399. The van der Waals surface area contributed by atoms with Crippen LogP contribution in [0.15, 0.2) is 23.1 Å². The second-order valence-electron chi connectivity index (χ2n) is 6.13. The van der Waals surface area contributed by atoms with Gasteiger partial charge in [-0.05, 0) is 25.5 Å². The largest absolute Gasteiger partial charge is 0.478 e. The van der Waals surface area contributed by atoms with Crippen molar-refractivity contribution in [1.29, 1.82) is 0 Å². The highest BCUT2D eigenvalue weighted by Crippen LogP contribution is 2.22. The Morgan fingerprint density at radius 3 is 2.56 bits per heavy atom. The molecular formula is C18H23N5O8S. The van der Waals surface area contributed by atoms with E-state index in [4.69, 9.17) is 14.2 Å². The van der Waals surface area contributed by atoms with Crippen LogP contribution in [0.2, 0.25) is 0 Å². The van der Waals surface area contributed by atoms with Crippen molar-refractivity contribution in [3.63, 3.8) is 0 Å². The number of carbonyl (C=O) groups excluding carboxylic acids is 1. The molecule has 0 saturated carbocycles. The summed E-state index contributed by atoms with van der Waals surface area (Å²) in [5, 5.41) is 11.6. The van der Waals surface area contributed by atoms with Crippen LogP contribution >= 0.6 is 0 Å². The third kappa shape index (κ3) is 6.83. The van der Waals surface area contributed by atoms with Gasteiger partial charge in [0, 0.05) is 7.11 Å². The second-order valence-corrected chi connectivity index (χ2v) is 7.75. The van der Waals surface area contributed by atoms with E-state index in [-0.39, 0.29) is 49.8 Å². The van der Waals surface area contributed by atoms with Crippen LogP contribution in [0.4, 0.5) is 10.7 Å².